The van der Waals surface area contributed by atoms with Crippen molar-refractivity contribution in [2.75, 3.05) is 10.6 Å². The van der Waals surface area contributed by atoms with Crippen molar-refractivity contribution in [3.05, 3.63) is 106 Å². The summed E-state index contributed by atoms with van der Waals surface area (Å²) in [6.45, 7) is 2.32. The van der Waals surface area contributed by atoms with E-state index in [0.717, 1.165) is 16.9 Å². The first-order valence-corrected chi connectivity index (χ1v) is 10.6. The highest BCUT2D eigenvalue weighted by molar-refractivity contribution is 6.29. The van der Waals surface area contributed by atoms with Crippen molar-refractivity contribution in [1.82, 2.24) is 4.57 Å². The number of rotatable bonds is 4. The van der Waals surface area contributed by atoms with Crippen molar-refractivity contribution in [3.63, 3.8) is 0 Å². The van der Waals surface area contributed by atoms with Gasteiger partial charge in [-0.25, -0.2) is 0 Å². The molecule has 0 saturated carbocycles. The Labute approximate surface area is 189 Å². The van der Waals surface area contributed by atoms with Gasteiger partial charge in [-0.3, -0.25) is 9.59 Å². The fraction of sp³-hybridized carbons (Fsp3) is 0.120. The van der Waals surface area contributed by atoms with Crippen LogP contribution in [0.5, 0.6) is 0 Å². The molecule has 7 heteroatoms. The molecule has 160 valence electrons. The van der Waals surface area contributed by atoms with Gasteiger partial charge >= 0.3 is 0 Å². The number of carbonyl (C=O) groups is 2. The lowest BCUT2D eigenvalue weighted by Gasteiger charge is -2.18. The third kappa shape index (κ3) is 3.59. The number of amides is 1. The molecule has 0 aliphatic carbocycles. The lowest BCUT2D eigenvalue weighted by Crippen LogP contribution is -2.22. The number of ketones is 1. The van der Waals surface area contributed by atoms with E-state index in [1.807, 2.05) is 41.0 Å². The van der Waals surface area contributed by atoms with Crippen LogP contribution in [0.1, 0.15) is 43.8 Å². The Hall–Kier alpha value is -3.77. The predicted octanol–water partition coefficient (Wildman–Crippen LogP) is 5.69. The summed E-state index contributed by atoms with van der Waals surface area (Å²) in [6, 6.07) is 19.5. The lowest BCUT2D eigenvalue weighted by atomic mass is 10.0. The number of nitrogens with zero attached hydrogens (tertiary/aromatic N) is 1. The molecule has 1 unspecified atom stereocenters. The van der Waals surface area contributed by atoms with E-state index in [1.165, 1.54) is 6.26 Å². The first-order valence-electron chi connectivity index (χ1n) is 10.2. The van der Waals surface area contributed by atoms with Crippen molar-refractivity contribution >= 4 is 34.7 Å². The van der Waals surface area contributed by atoms with Crippen LogP contribution in [-0.4, -0.2) is 16.3 Å². The maximum Gasteiger partial charge on any atom is 0.259 e. The fourth-order valence-electron chi connectivity index (χ4n) is 3.98. The maximum absolute atomic E-state index is 13.5. The summed E-state index contributed by atoms with van der Waals surface area (Å²) < 4.78 is 7.13. The first-order chi connectivity index (χ1) is 15.5. The highest BCUT2D eigenvalue weighted by Crippen LogP contribution is 2.33. The fourth-order valence-corrected chi connectivity index (χ4v) is 4.20. The van der Waals surface area contributed by atoms with Gasteiger partial charge in [-0.15, -0.1) is 0 Å². The molecular formula is C25H20ClN3O3. The second-order valence-electron chi connectivity index (χ2n) is 7.69. The maximum atomic E-state index is 13.5. The van der Waals surface area contributed by atoms with Crippen molar-refractivity contribution in [1.29, 1.82) is 0 Å². The van der Waals surface area contributed by atoms with Crippen LogP contribution in [0.3, 0.4) is 0 Å². The van der Waals surface area contributed by atoms with Gasteiger partial charge < -0.3 is 19.6 Å². The Morgan fingerprint density at radius 2 is 1.84 bits per heavy atom. The topological polar surface area (TPSA) is 76.3 Å². The van der Waals surface area contributed by atoms with Gasteiger partial charge in [0.05, 0.1) is 18.4 Å². The van der Waals surface area contributed by atoms with Crippen LogP contribution in [0.2, 0.25) is 5.15 Å². The molecule has 3 heterocycles. The lowest BCUT2D eigenvalue weighted by molar-refractivity contribution is 0.0966. The number of aromatic nitrogens is 1. The van der Waals surface area contributed by atoms with Crippen molar-refractivity contribution in [2.45, 2.75) is 19.5 Å². The van der Waals surface area contributed by atoms with Crippen LogP contribution in [-0.2, 0) is 6.54 Å². The highest BCUT2D eigenvalue weighted by Gasteiger charge is 2.29. The molecule has 1 amide bonds. The molecule has 2 N–H and O–H groups in total. The SMILES string of the molecule is Cc1occc1C(=O)Nc1ccc(C(=O)C2Nc3ccccc3Cn3c(Cl)ccc32)cc1. The molecule has 1 atom stereocenters. The number of fused-ring (bicyclic) bond motifs is 2. The summed E-state index contributed by atoms with van der Waals surface area (Å²) in [5, 5.41) is 6.80. The van der Waals surface area contributed by atoms with Gasteiger partial charge in [0.1, 0.15) is 17.0 Å². The van der Waals surface area contributed by atoms with E-state index in [1.54, 1.807) is 37.3 Å². The van der Waals surface area contributed by atoms with Crippen molar-refractivity contribution < 1.29 is 14.0 Å². The first kappa shape index (κ1) is 20.2. The summed E-state index contributed by atoms with van der Waals surface area (Å²) in [7, 11) is 0. The van der Waals surface area contributed by atoms with E-state index in [-0.39, 0.29) is 11.7 Å². The van der Waals surface area contributed by atoms with Crippen LogP contribution in [0, 0.1) is 6.92 Å². The molecule has 0 saturated heterocycles. The number of nitrogens with one attached hydrogen (secondary N) is 2. The van der Waals surface area contributed by atoms with Crippen molar-refractivity contribution in [2.24, 2.45) is 0 Å². The quantitative estimate of drug-likeness (QED) is 0.395. The summed E-state index contributed by atoms with van der Waals surface area (Å²) in [4.78, 5) is 25.9. The van der Waals surface area contributed by atoms with E-state index in [4.69, 9.17) is 16.0 Å². The van der Waals surface area contributed by atoms with Gasteiger partial charge in [0.2, 0.25) is 0 Å². The zero-order valence-electron chi connectivity index (χ0n) is 17.3. The Morgan fingerprint density at radius 1 is 1.06 bits per heavy atom. The van der Waals surface area contributed by atoms with Gasteiger partial charge in [-0.1, -0.05) is 29.8 Å². The Balaban J connectivity index is 1.41. The number of Topliss-reactive ketones (excluding diaryl/α,β-unsaturated/α-hetero) is 1. The van der Waals surface area contributed by atoms with Crippen LogP contribution in [0.15, 0.2) is 77.4 Å². The largest absolute Gasteiger partial charge is 0.469 e. The number of anilines is 2. The van der Waals surface area contributed by atoms with E-state index in [9.17, 15) is 9.59 Å². The number of para-hydroxylation sites is 1. The summed E-state index contributed by atoms with van der Waals surface area (Å²) >= 11 is 6.41. The minimum Gasteiger partial charge on any atom is -0.469 e. The van der Waals surface area contributed by atoms with Gasteiger partial charge in [-0.2, -0.15) is 0 Å². The predicted molar refractivity (Wildman–Crippen MR) is 124 cm³/mol. The number of hydrogen-bond donors (Lipinski definition) is 2. The zero-order chi connectivity index (χ0) is 22.2. The average Bonchev–Trinajstić information content (AvgIpc) is 3.34. The molecule has 2 aromatic heterocycles. The number of carbonyl (C=O) groups excluding carboxylic acids is 2. The van der Waals surface area contributed by atoms with Gasteiger partial charge in [0, 0.05) is 22.6 Å². The second kappa shape index (κ2) is 8.05. The molecule has 4 aromatic rings. The molecular weight excluding hydrogens is 426 g/mol. The summed E-state index contributed by atoms with van der Waals surface area (Å²) in [5.74, 6) is 0.210. The molecule has 1 aliphatic heterocycles. The Morgan fingerprint density at radius 3 is 2.59 bits per heavy atom. The standard InChI is InChI=1S/C25H20ClN3O3/c1-15-19(12-13-32-15)25(31)27-18-8-6-16(7-9-18)24(30)23-21-10-11-22(26)29(21)14-17-4-2-3-5-20(17)28-23/h2-13,23,28H,14H2,1H3,(H,27,31). The van der Waals surface area contributed by atoms with Crippen LogP contribution in [0.25, 0.3) is 0 Å². The van der Waals surface area contributed by atoms with Gasteiger partial charge in [0.25, 0.3) is 5.91 Å². The summed E-state index contributed by atoms with van der Waals surface area (Å²) in [6.07, 6.45) is 1.48. The van der Waals surface area contributed by atoms with Gasteiger partial charge in [0.15, 0.2) is 5.78 Å². The third-order valence-corrected chi connectivity index (χ3v) is 6.03. The number of aryl methyl sites for hydroxylation is 1. The highest BCUT2D eigenvalue weighted by atomic mass is 35.5. The molecule has 0 radical (unpaired) electrons. The molecule has 2 aromatic carbocycles. The summed E-state index contributed by atoms with van der Waals surface area (Å²) in [5.41, 5.74) is 4.38. The smallest absolute Gasteiger partial charge is 0.259 e. The molecule has 1 aliphatic rings. The minimum absolute atomic E-state index is 0.0822. The number of benzene rings is 2. The van der Waals surface area contributed by atoms with E-state index >= 15 is 0 Å². The number of furan rings is 1. The molecule has 6 nitrogen and oxygen atoms in total. The third-order valence-electron chi connectivity index (χ3n) is 5.70. The minimum atomic E-state index is -0.583. The van der Waals surface area contributed by atoms with E-state index < -0.39 is 6.04 Å². The van der Waals surface area contributed by atoms with Crippen LogP contribution in [0.4, 0.5) is 11.4 Å². The molecule has 32 heavy (non-hydrogen) atoms. The monoisotopic (exact) mass is 445 g/mol. The molecule has 5 rings (SSSR count). The average molecular weight is 446 g/mol. The molecule has 0 bridgehead atoms. The van der Waals surface area contributed by atoms with Gasteiger partial charge in [-0.05, 0) is 61.0 Å². The van der Waals surface area contributed by atoms with Crippen LogP contribution >= 0.6 is 11.6 Å². The van der Waals surface area contributed by atoms with Crippen molar-refractivity contribution in [3.8, 4) is 0 Å². The molecule has 0 fully saturated rings. The van der Waals surface area contributed by atoms with E-state index in [2.05, 4.69) is 10.6 Å². The van der Waals surface area contributed by atoms with Crippen LogP contribution < -0.4 is 10.6 Å². The van der Waals surface area contributed by atoms with E-state index in [0.29, 0.717) is 34.3 Å². The Kier molecular flexibility index (Phi) is 5.07. The normalized spacial score (nSPS) is 14.6. The number of hydrogen-bond acceptors (Lipinski definition) is 4. The Bertz CT molecular complexity index is 1320. The molecule has 0 spiro atoms. The number of halogens is 1. The second-order valence-corrected chi connectivity index (χ2v) is 8.08. The zero-order valence-corrected chi connectivity index (χ0v) is 18.0.